The molecule has 3 aromatic rings. The van der Waals surface area contributed by atoms with Crippen molar-refractivity contribution in [2.24, 2.45) is 0 Å². The van der Waals surface area contributed by atoms with Crippen molar-refractivity contribution in [3.63, 3.8) is 0 Å². The van der Waals surface area contributed by atoms with Gasteiger partial charge in [0.2, 0.25) is 0 Å². The zero-order chi connectivity index (χ0) is 16.1. The van der Waals surface area contributed by atoms with Crippen LogP contribution in [-0.2, 0) is 13.0 Å². The topological polar surface area (TPSA) is 42.7 Å². The van der Waals surface area contributed by atoms with Crippen LogP contribution in [0.5, 0.6) is 0 Å². The van der Waals surface area contributed by atoms with Crippen molar-refractivity contribution in [2.45, 2.75) is 38.9 Å². The lowest BCUT2D eigenvalue weighted by Crippen LogP contribution is -2.33. The molecular weight excluding hydrogens is 304 g/mol. The van der Waals surface area contributed by atoms with Gasteiger partial charge in [0.15, 0.2) is 0 Å². The van der Waals surface area contributed by atoms with Crippen LogP contribution in [0.1, 0.15) is 36.2 Å². The molecule has 2 heterocycles. The summed E-state index contributed by atoms with van der Waals surface area (Å²) in [6.07, 6.45) is 4.73. The molecule has 0 saturated carbocycles. The zero-order valence-electron chi connectivity index (χ0n) is 13.5. The van der Waals surface area contributed by atoms with E-state index in [1.54, 1.807) is 11.3 Å². The summed E-state index contributed by atoms with van der Waals surface area (Å²) in [5.41, 5.74) is 2.42. The molecule has 0 aliphatic rings. The highest BCUT2D eigenvalue weighted by molar-refractivity contribution is 7.09. The van der Waals surface area contributed by atoms with Gasteiger partial charge in [-0.15, -0.1) is 11.3 Å². The molecule has 23 heavy (non-hydrogen) atoms. The number of aromatic nitrogens is 3. The van der Waals surface area contributed by atoms with E-state index in [0.29, 0.717) is 12.1 Å². The van der Waals surface area contributed by atoms with E-state index in [9.17, 15) is 0 Å². The van der Waals surface area contributed by atoms with Gasteiger partial charge in [0, 0.05) is 36.8 Å². The molecule has 0 amide bonds. The third kappa shape index (κ3) is 4.27. The maximum absolute atomic E-state index is 4.73. The van der Waals surface area contributed by atoms with Crippen LogP contribution in [0, 0.1) is 0 Å². The number of benzene rings is 1. The van der Waals surface area contributed by atoms with Gasteiger partial charge in [-0.3, -0.25) is 4.68 Å². The van der Waals surface area contributed by atoms with Crippen LogP contribution in [0.15, 0.2) is 54.2 Å². The van der Waals surface area contributed by atoms with E-state index in [0.717, 1.165) is 18.7 Å². The average molecular weight is 326 g/mol. The van der Waals surface area contributed by atoms with Crippen LogP contribution in [0.3, 0.4) is 0 Å². The first-order valence-corrected chi connectivity index (χ1v) is 8.80. The lowest BCUT2D eigenvalue weighted by Gasteiger charge is -2.21. The summed E-state index contributed by atoms with van der Waals surface area (Å²) >= 11 is 1.73. The minimum Gasteiger partial charge on any atom is -0.306 e. The number of thiazole rings is 1. The first kappa shape index (κ1) is 15.9. The van der Waals surface area contributed by atoms with Crippen molar-refractivity contribution < 1.29 is 0 Å². The summed E-state index contributed by atoms with van der Waals surface area (Å²) in [4.78, 5) is 4.73. The highest BCUT2D eigenvalue weighted by Crippen LogP contribution is 2.15. The van der Waals surface area contributed by atoms with Crippen molar-refractivity contribution in [3.05, 3.63) is 70.4 Å². The molecular formula is C18H22N4S. The second-order valence-corrected chi connectivity index (χ2v) is 6.73. The number of hydrogen-bond donors (Lipinski definition) is 1. The van der Waals surface area contributed by atoms with Gasteiger partial charge >= 0.3 is 0 Å². The fraction of sp³-hybridized carbons (Fsp3) is 0.333. The highest BCUT2D eigenvalue weighted by atomic mass is 32.1. The summed E-state index contributed by atoms with van der Waals surface area (Å²) < 4.78 is 1.99. The molecule has 0 aliphatic carbocycles. The third-order valence-electron chi connectivity index (χ3n) is 4.07. The Balaban J connectivity index is 1.53. The second-order valence-electron chi connectivity index (χ2n) is 5.79. The minimum atomic E-state index is 0.312. The normalized spacial score (nSPS) is 13.8. The largest absolute Gasteiger partial charge is 0.306 e. The van der Waals surface area contributed by atoms with Gasteiger partial charge in [-0.2, -0.15) is 5.10 Å². The maximum atomic E-state index is 4.73. The van der Waals surface area contributed by atoms with E-state index in [1.165, 1.54) is 10.6 Å². The Bertz CT molecular complexity index is 706. The summed E-state index contributed by atoms with van der Waals surface area (Å²) in [5.74, 6) is 0. The van der Waals surface area contributed by atoms with Crippen LogP contribution in [-0.4, -0.2) is 20.8 Å². The van der Waals surface area contributed by atoms with Crippen LogP contribution < -0.4 is 5.32 Å². The lowest BCUT2D eigenvalue weighted by atomic mass is 10.1. The summed E-state index contributed by atoms with van der Waals surface area (Å²) in [6.45, 7) is 5.15. The average Bonchev–Trinajstić information content (AvgIpc) is 3.25. The van der Waals surface area contributed by atoms with Crippen LogP contribution in [0.4, 0.5) is 0 Å². The van der Waals surface area contributed by atoms with Crippen molar-refractivity contribution >= 4 is 11.3 Å². The van der Waals surface area contributed by atoms with Crippen molar-refractivity contribution in [1.82, 2.24) is 20.1 Å². The zero-order valence-corrected chi connectivity index (χ0v) is 14.3. The third-order valence-corrected chi connectivity index (χ3v) is 4.97. The molecule has 0 bridgehead atoms. The standard InChI is InChI=1S/C18H22N4S/c1-14(15(2)22-10-6-9-20-22)19-12-17-13-23-18(21-17)11-16-7-4-3-5-8-16/h3-10,13-15,19H,11-12H2,1-2H3. The maximum Gasteiger partial charge on any atom is 0.0972 e. The highest BCUT2D eigenvalue weighted by Gasteiger charge is 2.14. The molecule has 0 spiro atoms. The number of rotatable bonds is 7. The fourth-order valence-corrected chi connectivity index (χ4v) is 3.30. The van der Waals surface area contributed by atoms with Gasteiger partial charge in [0.25, 0.3) is 0 Å². The van der Waals surface area contributed by atoms with Crippen LogP contribution in [0.2, 0.25) is 0 Å². The van der Waals surface area contributed by atoms with Crippen molar-refractivity contribution in [3.8, 4) is 0 Å². The molecule has 2 unspecified atom stereocenters. The van der Waals surface area contributed by atoms with E-state index in [2.05, 4.69) is 53.9 Å². The SMILES string of the molecule is CC(NCc1csc(Cc2ccccc2)n1)C(C)n1cccn1. The summed E-state index contributed by atoms with van der Waals surface area (Å²) in [6, 6.07) is 13.1. The quantitative estimate of drug-likeness (QED) is 0.720. The van der Waals surface area contributed by atoms with E-state index in [1.807, 2.05) is 29.2 Å². The van der Waals surface area contributed by atoms with E-state index in [4.69, 9.17) is 4.98 Å². The minimum absolute atomic E-state index is 0.312. The van der Waals surface area contributed by atoms with Gasteiger partial charge in [-0.05, 0) is 25.5 Å². The van der Waals surface area contributed by atoms with Crippen molar-refractivity contribution in [2.75, 3.05) is 0 Å². The molecule has 0 radical (unpaired) electrons. The van der Waals surface area contributed by atoms with E-state index < -0.39 is 0 Å². The molecule has 2 aromatic heterocycles. The Morgan fingerprint density at radius 1 is 1.17 bits per heavy atom. The Morgan fingerprint density at radius 3 is 2.74 bits per heavy atom. The molecule has 3 rings (SSSR count). The Morgan fingerprint density at radius 2 is 2.00 bits per heavy atom. The molecule has 0 aliphatic heterocycles. The summed E-state index contributed by atoms with van der Waals surface area (Å²) in [7, 11) is 0. The van der Waals surface area contributed by atoms with Crippen molar-refractivity contribution in [1.29, 1.82) is 0 Å². The Labute approximate surface area is 141 Å². The summed E-state index contributed by atoms with van der Waals surface area (Å²) in [5, 5.41) is 11.2. The monoisotopic (exact) mass is 326 g/mol. The molecule has 120 valence electrons. The molecule has 4 nitrogen and oxygen atoms in total. The van der Waals surface area contributed by atoms with Gasteiger partial charge in [-0.25, -0.2) is 4.98 Å². The first-order chi connectivity index (χ1) is 11.2. The molecule has 2 atom stereocenters. The fourth-order valence-electron chi connectivity index (χ4n) is 2.47. The Hall–Kier alpha value is -1.98. The lowest BCUT2D eigenvalue weighted by molar-refractivity contribution is 0.364. The molecule has 0 saturated heterocycles. The van der Waals surface area contributed by atoms with Gasteiger partial charge in [0.05, 0.1) is 16.7 Å². The number of nitrogens with zero attached hydrogens (tertiary/aromatic N) is 3. The van der Waals surface area contributed by atoms with Gasteiger partial charge < -0.3 is 5.32 Å². The van der Waals surface area contributed by atoms with E-state index >= 15 is 0 Å². The first-order valence-electron chi connectivity index (χ1n) is 7.92. The molecule has 1 aromatic carbocycles. The smallest absolute Gasteiger partial charge is 0.0972 e. The predicted octanol–water partition coefficient (Wildman–Crippen LogP) is 3.67. The molecule has 1 N–H and O–H groups in total. The second kappa shape index (κ2) is 7.53. The van der Waals surface area contributed by atoms with Gasteiger partial charge in [0.1, 0.15) is 0 Å². The number of hydrogen-bond acceptors (Lipinski definition) is 4. The molecule has 5 heteroatoms. The van der Waals surface area contributed by atoms with Crippen LogP contribution >= 0.6 is 11.3 Å². The van der Waals surface area contributed by atoms with E-state index in [-0.39, 0.29) is 0 Å². The number of nitrogens with one attached hydrogen (secondary N) is 1. The Kier molecular flexibility index (Phi) is 5.20. The molecule has 0 fully saturated rings. The van der Waals surface area contributed by atoms with Crippen LogP contribution in [0.25, 0.3) is 0 Å². The predicted molar refractivity (Wildman–Crippen MR) is 94.6 cm³/mol. The van der Waals surface area contributed by atoms with Gasteiger partial charge in [-0.1, -0.05) is 30.3 Å².